The Bertz CT molecular complexity index is 2490. The third-order valence-electron chi connectivity index (χ3n) is 11.2. The van der Waals surface area contributed by atoms with Crippen LogP contribution >= 0.6 is 11.6 Å². The lowest BCUT2D eigenvalue weighted by Gasteiger charge is -2.28. The first-order valence-electron chi connectivity index (χ1n) is 20.1. The Labute approximate surface area is 357 Å². The molecule has 2 fully saturated rings. The Hall–Kier alpha value is -6.77. The van der Waals surface area contributed by atoms with E-state index < -0.39 is 18.2 Å². The van der Waals surface area contributed by atoms with E-state index in [1.165, 1.54) is 14.2 Å². The van der Waals surface area contributed by atoms with Crippen LogP contribution in [0.2, 0.25) is 5.02 Å². The molecule has 0 aliphatic carbocycles. The van der Waals surface area contributed by atoms with Gasteiger partial charge >= 0.3 is 6.09 Å². The molecule has 0 radical (unpaired) electrons. The fourth-order valence-electron chi connectivity index (χ4n) is 8.15. The van der Waals surface area contributed by atoms with Crippen LogP contribution in [0.15, 0.2) is 121 Å². The standard InChI is InChI=1S/C46H45ClN8O6/c1-59-46(58)53-40(33-10-4-3-5-11-33)44(56)54-24-8-14-38(54)42-48-26-36(51-42)31-20-16-29(17-21-31)30-18-22-32(23-19-30)37-27-49-43(52-37)39-15-9-25-55(39)45(57)41(50-28-61-60-2)34-12-6-7-13-35(34)47/h3-7,10-13,16-23,26-28,38-41H,8-9,14-15,24-25H2,1-2H3,(H,48,51)(H,49,52)(H,53,58)/b50-28-/t38-,39-,40+,41+/m0/s1. The van der Waals surface area contributed by atoms with Crippen LogP contribution in [0, 0.1) is 0 Å². The number of imidazole rings is 2. The summed E-state index contributed by atoms with van der Waals surface area (Å²) in [5.74, 6) is 0.983. The molecule has 2 saturated heterocycles. The number of amides is 3. The minimum Gasteiger partial charge on any atom is -0.453 e. The average Bonchev–Trinajstić information content (AvgIpc) is 4.15. The minimum atomic E-state index is -0.907. The molecule has 0 spiro atoms. The van der Waals surface area contributed by atoms with Gasteiger partial charge in [0.2, 0.25) is 6.40 Å². The zero-order chi connectivity index (χ0) is 42.3. The molecule has 0 bridgehead atoms. The summed E-state index contributed by atoms with van der Waals surface area (Å²) in [6, 6.07) is 30.5. The van der Waals surface area contributed by atoms with Crippen LogP contribution in [0.1, 0.15) is 72.6 Å². The van der Waals surface area contributed by atoms with Crippen LogP contribution in [0.4, 0.5) is 4.79 Å². The zero-order valence-electron chi connectivity index (χ0n) is 33.7. The topological polar surface area (TPSA) is 167 Å². The summed E-state index contributed by atoms with van der Waals surface area (Å²) in [6.45, 7) is 1.11. The van der Waals surface area contributed by atoms with E-state index in [1.807, 2.05) is 54.6 Å². The van der Waals surface area contributed by atoms with Crippen molar-refractivity contribution in [3.05, 3.63) is 143 Å². The third kappa shape index (κ3) is 8.91. The lowest BCUT2D eigenvalue weighted by molar-refractivity contribution is -0.188. The van der Waals surface area contributed by atoms with Crippen molar-refractivity contribution in [3.8, 4) is 33.6 Å². The van der Waals surface area contributed by atoms with Gasteiger partial charge in [0.05, 0.1) is 50.1 Å². The van der Waals surface area contributed by atoms with Gasteiger partial charge in [0.15, 0.2) is 6.04 Å². The molecular weight excluding hydrogens is 796 g/mol. The number of nitrogens with zero attached hydrogens (tertiary/aromatic N) is 5. The van der Waals surface area contributed by atoms with Gasteiger partial charge in [-0.05, 0) is 59.6 Å². The monoisotopic (exact) mass is 840 g/mol. The number of halogens is 1. The molecule has 2 aliphatic heterocycles. The first-order valence-corrected chi connectivity index (χ1v) is 20.5. The number of ether oxygens (including phenoxy) is 1. The molecule has 4 aromatic carbocycles. The van der Waals surface area contributed by atoms with Crippen molar-refractivity contribution >= 4 is 35.9 Å². The van der Waals surface area contributed by atoms with Gasteiger partial charge in [0.25, 0.3) is 11.8 Å². The van der Waals surface area contributed by atoms with Gasteiger partial charge in [-0.3, -0.25) is 9.59 Å². The van der Waals surface area contributed by atoms with Crippen molar-refractivity contribution in [1.82, 2.24) is 35.1 Å². The molecule has 0 unspecified atom stereocenters. The lowest BCUT2D eigenvalue weighted by Crippen LogP contribution is -2.42. The number of nitrogens with one attached hydrogen (secondary N) is 3. The number of aromatic nitrogens is 4. The van der Waals surface area contributed by atoms with Crippen LogP contribution in [-0.4, -0.2) is 81.4 Å². The van der Waals surface area contributed by atoms with Crippen molar-refractivity contribution < 1.29 is 28.9 Å². The van der Waals surface area contributed by atoms with E-state index in [-0.39, 0.29) is 23.9 Å². The molecule has 312 valence electrons. The number of aliphatic imine (C=N–C) groups is 1. The summed E-state index contributed by atoms with van der Waals surface area (Å²) in [5, 5.41) is 3.15. The van der Waals surface area contributed by atoms with Crippen molar-refractivity contribution in [1.29, 1.82) is 0 Å². The highest BCUT2D eigenvalue weighted by Gasteiger charge is 2.38. The maximum atomic E-state index is 14.0. The van der Waals surface area contributed by atoms with E-state index in [0.717, 1.165) is 65.7 Å². The molecule has 3 amide bonds. The largest absolute Gasteiger partial charge is 0.453 e. The van der Waals surface area contributed by atoms with Gasteiger partial charge in [0, 0.05) is 23.7 Å². The summed E-state index contributed by atoms with van der Waals surface area (Å²) < 4.78 is 4.83. The van der Waals surface area contributed by atoms with Gasteiger partial charge in [-0.15, -0.1) is 0 Å². The van der Waals surface area contributed by atoms with Crippen molar-refractivity contribution in [2.45, 2.75) is 49.9 Å². The quantitative estimate of drug-likeness (QED) is 0.0450. The highest BCUT2D eigenvalue weighted by Crippen LogP contribution is 2.37. The van der Waals surface area contributed by atoms with E-state index in [4.69, 9.17) is 31.2 Å². The number of hydrogen-bond acceptors (Lipinski definition) is 9. The predicted molar refractivity (Wildman–Crippen MR) is 230 cm³/mol. The van der Waals surface area contributed by atoms with E-state index in [9.17, 15) is 14.4 Å². The smallest absolute Gasteiger partial charge is 0.407 e. The molecule has 3 N–H and O–H groups in total. The SMILES string of the molecule is COO/C=N\[C@@H](C(=O)N1CCC[C@H]1c1ncc(-c2ccc(-c3ccc(-c4cnc([C@@H]5CCCN5C(=O)[C@H](NC(=O)OC)c5ccccc5)[nH]4)cc3)cc2)[nH]1)c1ccccc1Cl. The predicted octanol–water partition coefficient (Wildman–Crippen LogP) is 8.56. The minimum absolute atomic E-state index is 0.205. The van der Waals surface area contributed by atoms with Gasteiger partial charge in [-0.2, -0.15) is 4.89 Å². The number of aromatic amines is 2. The van der Waals surface area contributed by atoms with E-state index in [2.05, 4.69) is 61.6 Å². The summed E-state index contributed by atoms with van der Waals surface area (Å²) in [4.78, 5) is 73.9. The Morgan fingerprint density at radius 3 is 1.80 bits per heavy atom. The molecule has 6 aromatic rings. The second kappa shape index (κ2) is 18.7. The van der Waals surface area contributed by atoms with Gasteiger partial charge in [-0.1, -0.05) is 109 Å². The van der Waals surface area contributed by atoms with Crippen LogP contribution in [0.5, 0.6) is 0 Å². The van der Waals surface area contributed by atoms with Crippen molar-refractivity contribution in [2.24, 2.45) is 4.99 Å². The molecule has 4 heterocycles. The number of likely N-dealkylation sites (tertiary alicyclic amines) is 2. The van der Waals surface area contributed by atoms with Crippen LogP contribution in [0.25, 0.3) is 33.6 Å². The number of benzene rings is 4. The Morgan fingerprint density at radius 1 is 0.738 bits per heavy atom. The second-order valence-corrected chi connectivity index (χ2v) is 15.2. The molecule has 2 aromatic heterocycles. The van der Waals surface area contributed by atoms with E-state index in [0.29, 0.717) is 40.9 Å². The van der Waals surface area contributed by atoms with Crippen LogP contribution < -0.4 is 5.32 Å². The van der Waals surface area contributed by atoms with Gasteiger partial charge in [0.1, 0.15) is 17.7 Å². The van der Waals surface area contributed by atoms with Crippen molar-refractivity contribution in [3.63, 3.8) is 0 Å². The third-order valence-corrected chi connectivity index (χ3v) is 11.6. The van der Waals surface area contributed by atoms with E-state index >= 15 is 0 Å². The van der Waals surface area contributed by atoms with Crippen LogP contribution in [0.3, 0.4) is 0 Å². The summed E-state index contributed by atoms with van der Waals surface area (Å²) in [7, 11) is 2.64. The summed E-state index contributed by atoms with van der Waals surface area (Å²) in [6.07, 6.45) is 7.18. The molecular formula is C46H45ClN8O6. The highest BCUT2D eigenvalue weighted by atomic mass is 35.5. The zero-order valence-corrected chi connectivity index (χ0v) is 34.4. The number of hydrogen-bond donors (Lipinski definition) is 3. The Kier molecular flexibility index (Phi) is 12.5. The number of alkyl carbamates (subject to hydrolysis) is 1. The summed E-state index contributed by atoms with van der Waals surface area (Å²) in [5.41, 5.74) is 6.96. The fourth-order valence-corrected chi connectivity index (χ4v) is 8.39. The molecule has 61 heavy (non-hydrogen) atoms. The molecule has 2 aliphatic rings. The van der Waals surface area contributed by atoms with Crippen molar-refractivity contribution in [2.75, 3.05) is 27.3 Å². The number of carbonyl (C=O) groups is 3. The number of rotatable bonds is 13. The van der Waals surface area contributed by atoms with E-state index in [1.54, 1.807) is 34.3 Å². The molecule has 0 saturated carbocycles. The first-order chi connectivity index (χ1) is 29.8. The lowest BCUT2D eigenvalue weighted by atomic mass is 10.0. The van der Waals surface area contributed by atoms with Gasteiger partial charge in [-0.25, -0.2) is 19.8 Å². The first kappa shape index (κ1) is 41.0. The van der Waals surface area contributed by atoms with Gasteiger partial charge < -0.3 is 34.7 Å². The molecule has 14 nitrogen and oxygen atoms in total. The maximum absolute atomic E-state index is 14.0. The molecule has 8 rings (SSSR count). The summed E-state index contributed by atoms with van der Waals surface area (Å²) >= 11 is 6.50. The number of carbonyl (C=O) groups excluding carboxylic acids is 3. The highest BCUT2D eigenvalue weighted by molar-refractivity contribution is 6.31. The van der Waals surface area contributed by atoms with Crippen LogP contribution in [-0.2, 0) is 24.1 Å². The second-order valence-electron chi connectivity index (χ2n) is 14.8. The Balaban J connectivity index is 0.930. The molecule has 4 atom stereocenters. The maximum Gasteiger partial charge on any atom is 0.407 e. The number of H-pyrrole nitrogens is 2. The fraction of sp³-hybridized carbons (Fsp3) is 0.261. The molecule has 15 heteroatoms. The average molecular weight is 841 g/mol. The number of methoxy groups -OCH3 is 1. The normalized spacial score (nSPS) is 17.4. The Morgan fingerprint density at radius 2 is 1.26 bits per heavy atom.